The quantitative estimate of drug-likeness (QED) is 0.780. The Balaban J connectivity index is 1.96. The van der Waals surface area contributed by atoms with Crippen molar-refractivity contribution in [1.29, 1.82) is 0 Å². The Bertz CT molecular complexity index is 739. The molecule has 3 heterocycles. The molecule has 0 fully saturated rings. The number of rotatable bonds is 2. The van der Waals surface area contributed by atoms with Gasteiger partial charge < -0.3 is 5.32 Å². The van der Waals surface area contributed by atoms with Crippen molar-refractivity contribution < 1.29 is 4.79 Å². The summed E-state index contributed by atoms with van der Waals surface area (Å²) in [6.45, 7) is 0. The number of fused-ring (bicyclic) bond motifs is 1. The van der Waals surface area contributed by atoms with Gasteiger partial charge >= 0.3 is 0 Å². The highest BCUT2D eigenvalue weighted by Gasteiger charge is 2.17. The van der Waals surface area contributed by atoms with E-state index in [0.29, 0.717) is 16.2 Å². The lowest BCUT2D eigenvalue weighted by Gasteiger charge is -2.01. The summed E-state index contributed by atoms with van der Waals surface area (Å²) < 4.78 is 1.57. The number of aromatic nitrogens is 3. The number of pyridine rings is 2. The first kappa shape index (κ1) is 11.7. The second-order valence-electron chi connectivity index (χ2n) is 3.88. The maximum absolute atomic E-state index is 12.1. The average Bonchev–Trinajstić information content (AvgIpc) is 2.78. The number of nitrogens with one attached hydrogen (secondary N) is 1. The van der Waals surface area contributed by atoms with Crippen LogP contribution in [-0.2, 0) is 0 Å². The van der Waals surface area contributed by atoms with E-state index in [1.54, 1.807) is 41.3 Å². The zero-order valence-electron chi connectivity index (χ0n) is 9.75. The van der Waals surface area contributed by atoms with E-state index in [1.165, 1.54) is 0 Å². The van der Waals surface area contributed by atoms with Gasteiger partial charge in [-0.25, -0.2) is 4.52 Å². The van der Waals surface area contributed by atoms with E-state index < -0.39 is 0 Å². The molecule has 5 nitrogen and oxygen atoms in total. The van der Waals surface area contributed by atoms with Gasteiger partial charge in [0.2, 0.25) is 0 Å². The fourth-order valence-corrected chi connectivity index (χ4v) is 2.01. The number of carbonyl (C=O) groups is 1. The first-order chi connectivity index (χ1) is 9.25. The summed E-state index contributed by atoms with van der Waals surface area (Å²) in [4.78, 5) is 16.0. The maximum Gasteiger partial charge on any atom is 0.277 e. The van der Waals surface area contributed by atoms with Gasteiger partial charge in [0, 0.05) is 24.3 Å². The van der Waals surface area contributed by atoms with Crippen LogP contribution < -0.4 is 5.32 Å². The van der Waals surface area contributed by atoms with Crippen LogP contribution in [-0.4, -0.2) is 20.5 Å². The van der Waals surface area contributed by atoms with Crippen molar-refractivity contribution in [2.45, 2.75) is 0 Å². The summed E-state index contributed by atoms with van der Waals surface area (Å²) in [7, 11) is 0. The molecule has 0 aromatic carbocycles. The highest BCUT2D eigenvalue weighted by atomic mass is 35.5. The molecule has 0 bridgehead atoms. The van der Waals surface area contributed by atoms with Gasteiger partial charge in [0.25, 0.3) is 5.91 Å². The van der Waals surface area contributed by atoms with E-state index in [9.17, 15) is 4.79 Å². The van der Waals surface area contributed by atoms with Gasteiger partial charge in [0.05, 0.1) is 10.5 Å². The van der Waals surface area contributed by atoms with Gasteiger partial charge in [-0.2, -0.15) is 5.10 Å². The largest absolute Gasteiger partial charge is 0.320 e. The van der Waals surface area contributed by atoms with Crippen LogP contribution in [0.4, 0.5) is 5.69 Å². The standard InChI is InChI=1S/C13H9ClN4O/c14-11-10-3-1-2-8-18(10)17-12(11)13(19)16-9-4-6-15-7-5-9/h1-8H,(H,15,16,19). The van der Waals surface area contributed by atoms with Crippen LogP contribution in [0.2, 0.25) is 5.02 Å². The number of anilines is 1. The van der Waals surface area contributed by atoms with Gasteiger partial charge in [-0.05, 0) is 24.3 Å². The van der Waals surface area contributed by atoms with Crippen LogP contribution in [0, 0.1) is 0 Å². The second kappa shape index (κ2) is 4.70. The third-order valence-corrected chi connectivity index (χ3v) is 3.01. The predicted molar refractivity (Wildman–Crippen MR) is 72.4 cm³/mol. The van der Waals surface area contributed by atoms with Crippen molar-refractivity contribution in [2.75, 3.05) is 5.32 Å². The summed E-state index contributed by atoms with van der Waals surface area (Å²) in [5.74, 6) is -0.347. The molecule has 0 spiro atoms. The highest BCUT2D eigenvalue weighted by Crippen LogP contribution is 2.22. The Morgan fingerprint density at radius 1 is 1.21 bits per heavy atom. The summed E-state index contributed by atoms with van der Waals surface area (Å²) in [5, 5.41) is 7.23. The Hall–Kier alpha value is -2.40. The molecule has 0 radical (unpaired) electrons. The first-order valence-corrected chi connectivity index (χ1v) is 5.98. The van der Waals surface area contributed by atoms with Crippen molar-refractivity contribution in [2.24, 2.45) is 0 Å². The first-order valence-electron chi connectivity index (χ1n) is 5.60. The topological polar surface area (TPSA) is 59.3 Å². The molecule has 0 unspecified atom stereocenters. The minimum atomic E-state index is -0.347. The molecule has 94 valence electrons. The van der Waals surface area contributed by atoms with Crippen LogP contribution in [0.25, 0.3) is 5.52 Å². The van der Waals surface area contributed by atoms with E-state index in [4.69, 9.17) is 11.6 Å². The minimum absolute atomic E-state index is 0.199. The van der Waals surface area contributed by atoms with E-state index in [2.05, 4.69) is 15.4 Å². The van der Waals surface area contributed by atoms with E-state index in [-0.39, 0.29) is 11.6 Å². The Labute approximate surface area is 113 Å². The monoisotopic (exact) mass is 272 g/mol. The highest BCUT2D eigenvalue weighted by molar-refractivity contribution is 6.37. The molecule has 3 aromatic rings. The van der Waals surface area contributed by atoms with E-state index in [0.717, 1.165) is 0 Å². The van der Waals surface area contributed by atoms with Gasteiger partial charge in [-0.1, -0.05) is 17.7 Å². The third-order valence-electron chi connectivity index (χ3n) is 2.63. The number of hydrogen-bond acceptors (Lipinski definition) is 3. The maximum atomic E-state index is 12.1. The van der Waals surface area contributed by atoms with Crippen LogP contribution in [0.3, 0.4) is 0 Å². The molecule has 0 aliphatic heterocycles. The molecule has 3 rings (SSSR count). The summed E-state index contributed by atoms with van der Waals surface area (Å²) in [6, 6.07) is 8.86. The van der Waals surface area contributed by atoms with Crippen LogP contribution >= 0.6 is 11.6 Å². The molecule has 0 aliphatic rings. The third kappa shape index (κ3) is 2.15. The van der Waals surface area contributed by atoms with E-state index >= 15 is 0 Å². The van der Waals surface area contributed by atoms with Gasteiger partial charge in [0.1, 0.15) is 0 Å². The molecule has 6 heteroatoms. The fraction of sp³-hybridized carbons (Fsp3) is 0. The minimum Gasteiger partial charge on any atom is -0.320 e. The van der Waals surface area contributed by atoms with Crippen molar-refractivity contribution in [3.63, 3.8) is 0 Å². The van der Waals surface area contributed by atoms with Crippen LogP contribution in [0.5, 0.6) is 0 Å². The van der Waals surface area contributed by atoms with E-state index in [1.807, 2.05) is 12.1 Å². The zero-order chi connectivity index (χ0) is 13.2. The zero-order valence-corrected chi connectivity index (χ0v) is 10.5. The predicted octanol–water partition coefficient (Wildman–Crippen LogP) is 2.64. The SMILES string of the molecule is O=C(Nc1ccncc1)c1nn2ccccc2c1Cl. The molecule has 0 saturated heterocycles. The van der Waals surface area contributed by atoms with Gasteiger partial charge in [0.15, 0.2) is 5.69 Å². The van der Waals surface area contributed by atoms with Gasteiger partial charge in [-0.3, -0.25) is 9.78 Å². The van der Waals surface area contributed by atoms with Crippen molar-refractivity contribution >= 4 is 28.7 Å². The summed E-state index contributed by atoms with van der Waals surface area (Å²) in [5.41, 5.74) is 1.54. The Morgan fingerprint density at radius 3 is 2.74 bits per heavy atom. The van der Waals surface area contributed by atoms with Crippen LogP contribution in [0.1, 0.15) is 10.5 Å². The number of hydrogen-bond donors (Lipinski definition) is 1. The molecule has 0 aliphatic carbocycles. The number of amides is 1. The number of halogens is 1. The summed E-state index contributed by atoms with van der Waals surface area (Å²) in [6.07, 6.45) is 4.94. The summed E-state index contributed by atoms with van der Waals surface area (Å²) >= 11 is 6.16. The molecule has 1 N–H and O–H groups in total. The van der Waals surface area contributed by atoms with Crippen molar-refractivity contribution in [3.8, 4) is 0 Å². The molecule has 3 aromatic heterocycles. The second-order valence-corrected chi connectivity index (χ2v) is 4.26. The lowest BCUT2D eigenvalue weighted by molar-refractivity contribution is 0.102. The lowest BCUT2D eigenvalue weighted by Crippen LogP contribution is -2.13. The lowest BCUT2D eigenvalue weighted by atomic mass is 10.3. The Morgan fingerprint density at radius 2 is 2.00 bits per heavy atom. The number of nitrogens with zero attached hydrogens (tertiary/aromatic N) is 3. The molecule has 0 atom stereocenters. The molecular weight excluding hydrogens is 264 g/mol. The molecule has 1 amide bonds. The fourth-order valence-electron chi connectivity index (χ4n) is 1.74. The van der Waals surface area contributed by atoms with Crippen molar-refractivity contribution in [3.05, 3.63) is 59.6 Å². The molecular formula is C13H9ClN4O. The molecule has 0 saturated carbocycles. The van der Waals surface area contributed by atoms with Gasteiger partial charge in [-0.15, -0.1) is 0 Å². The van der Waals surface area contributed by atoms with Crippen LogP contribution in [0.15, 0.2) is 48.9 Å². The Kier molecular flexibility index (Phi) is 2.89. The normalized spacial score (nSPS) is 10.6. The van der Waals surface area contributed by atoms with Crippen molar-refractivity contribution in [1.82, 2.24) is 14.6 Å². The molecule has 19 heavy (non-hydrogen) atoms. The number of carbonyl (C=O) groups excluding carboxylic acids is 1. The average molecular weight is 273 g/mol. The smallest absolute Gasteiger partial charge is 0.277 e.